The number of hydrogen-bond acceptors (Lipinski definition) is 7. The molecule has 2 aliphatic rings. The molecule has 8 heteroatoms. The molecule has 0 amide bonds. The van der Waals surface area contributed by atoms with Gasteiger partial charge in [-0.1, -0.05) is 29.8 Å². The van der Waals surface area contributed by atoms with Crippen LogP contribution < -0.4 is 25.5 Å². The van der Waals surface area contributed by atoms with E-state index in [1.54, 1.807) is 32.4 Å². The van der Waals surface area contributed by atoms with Crippen LogP contribution in [0.2, 0.25) is 5.02 Å². The van der Waals surface area contributed by atoms with E-state index in [-0.39, 0.29) is 23.6 Å². The Balaban J connectivity index is 1.48. The number of para-hydroxylation sites is 2. The highest BCUT2D eigenvalue weighted by Crippen LogP contribution is 2.45. The number of carbonyl (C=O) groups excluding carboxylic acids is 1. The van der Waals surface area contributed by atoms with E-state index in [0.717, 1.165) is 22.6 Å². The number of fused-ring (bicyclic) bond motifs is 2. The lowest BCUT2D eigenvalue weighted by Crippen LogP contribution is -2.29. The van der Waals surface area contributed by atoms with Gasteiger partial charge in [0.15, 0.2) is 22.7 Å². The van der Waals surface area contributed by atoms with Crippen molar-refractivity contribution in [2.45, 2.75) is 24.8 Å². The van der Waals surface area contributed by atoms with Gasteiger partial charge in [-0.25, -0.2) is 0 Å². The Morgan fingerprint density at radius 3 is 2.50 bits per heavy atom. The number of methoxy groups -OCH3 is 2. The summed E-state index contributed by atoms with van der Waals surface area (Å²) in [5.41, 5.74) is 4.46. The summed E-state index contributed by atoms with van der Waals surface area (Å²) >= 11 is 6.18. The van der Waals surface area contributed by atoms with Gasteiger partial charge < -0.3 is 24.5 Å². The predicted octanol–water partition coefficient (Wildman–Crippen LogP) is 6.44. The van der Waals surface area contributed by atoms with Gasteiger partial charge in [-0.05, 0) is 60.4 Å². The first-order chi connectivity index (χ1) is 18.5. The van der Waals surface area contributed by atoms with Crippen LogP contribution >= 0.6 is 11.6 Å². The summed E-state index contributed by atoms with van der Waals surface area (Å²) in [6.45, 7) is 0. The maximum absolute atomic E-state index is 13.9. The van der Waals surface area contributed by atoms with E-state index in [4.69, 9.17) is 25.5 Å². The van der Waals surface area contributed by atoms with Crippen molar-refractivity contribution in [1.29, 1.82) is 0 Å². The summed E-state index contributed by atoms with van der Waals surface area (Å²) in [7, 11) is 3.19. The van der Waals surface area contributed by atoms with Crippen LogP contribution in [0.3, 0.4) is 0 Å². The molecule has 0 spiro atoms. The quantitative estimate of drug-likeness (QED) is 0.315. The van der Waals surface area contributed by atoms with Gasteiger partial charge in [0, 0.05) is 22.7 Å². The van der Waals surface area contributed by atoms with Gasteiger partial charge in [0.05, 0.1) is 42.6 Å². The molecule has 4 aromatic rings. The smallest absolute Gasteiger partial charge is 0.198 e. The molecule has 0 unspecified atom stereocenters. The van der Waals surface area contributed by atoms with E-state index >= 15 is 0 Å². The lowest BCUT2D eigenvalue weighted by atomic mass is 9.78. The monoisotopic (exact) mass is 528 g/mol. The van der Waals surface area contributed by atoms with Crippen molar-refractivity contribution < 1.29 is 18.7 Å². The molecule has 0 saturated carbocycles. The lowest BCUT2D eigenvalue weighted by Gasteiger charge is -2.29. The predicted molar refractivity (Wildman–Crippen MR) is 147 cm³/mol. The third kappa shape index (κ3) is 4.09. The average molecular weight is 529 g/mol. The number of anilines is 2. The van der Waals surface area contributed by atoms with E-state index in [1.807, 2.05) is 42.5 Å². The summed E-state index contributed by atoms with van der Waals surface area (Å²) < 4.78 is 16.7. The molecule has 2 N–H and O–H groups in total. The number of rotatable bonds is 4. The topological polar surface area (TPSA) is 89.8 Å². The van der Waals surface area contributed by atoms with Gasteiger partial charge in [-0.15, -0.1) is 0 Å². The average Bonchev–Trinajstić information content (AvgIpc) is 3.10. The highest BCUT2D eigenvalue weighted by molar-refractivity contribution is 6.31. The zero-order valence-corrected chi connectivity index (χ0v) is 21.6. The van der Waals surface area contributed by atoms with Crippen molar-refractivity contribution in [1.82, 2.24) is 0 Å². The number of ketones is 1. The van der Waals surface area contributed by atoms with Crippen LogP contribution in [0, 0.1) is 0 Å². The molecule has 6 rings (SSSR count). The molecule has 1 aromatic heterocycles. The van der Waals surface area contributed by atoms with Crippen LogP contribution in [0.5, 0.6) is 11.5 Å². The van der Waals surface area contributed by atoms with Crippen LogP contribution in [0.25, 0.3) is 11.0 Å². The maximum atomic E-state index is 13.9. The SMILES string of the molecule is COc1ccc([C@H]2CC(=O)C3=C(C2)Nc2ccccc2N[C@@H]3c2coc3ccc(Cl)cc3c2=O)cc1OC. The van der Waals surface area contributed by atoms with E-state index in [9.17, 15) is 9.59 Å². The Hall–Kier alpha value is -4.23. The molecule has 7 nitrogen and oxygen atoms in total. The molecule has 38 heavy (non-hydrogen) atoms. The zero-order valence-electron chi connectivity index (χ0n) is 20.8. The molecule has 2 atom stereocenters. The first-order valence-electron chi connectivity index (χ1n) is 12.3. The second-order valence-corrected chi connectivity index (χ2v) is 9.88. The number of benzene rings is 3. The van der Waals surface area contributed by atoms with E-state index in [2.05, 4.69) is 10.6 Å². The molecule has 0 fully saturated rings. The fourth-order valence-electron chi connectivity index (χ4n) is 5.39. The van der Waals surface area contributed by atoms with E-state index in [0.29, 0.717) is 45.0 Å². The fraction of sp³-hybridized carbons (Fsp3) is 0.200. The number of hydrogen-bond donors (Lipinski definition) is 2. The molecule has 1 aliphatic carbocycles. The zero-order chi connectivity index (χ0) is 26.4. The largest absolute Gasteiger partial charge is 0.493 e. The number of Topliss-reactive ketones (excluding diaryl/α,β-unsaturated/α-hetero) is 1. The van der Waals surface area contributed by atoms with Gasteiger partial charge in [-0.2, -0.15) is 0 Å². The number of carbonyl (C=O) groups is 1. The van der Waals surface area contributed by atoms with Crippen LogP contribution in [0.1, 0.15) is 35.9 Å². The third-order valence-corrected chi connectivity index (χ3v) is 7.50. The molecular weight excluding hydrogens is 504 g/mol. The van der Waals surface area contributed by atoms with Gasteiger partial charge in [0.2, 0.25) is 0 Å². The first kappa shape index (κ1) is 24.1. The Morgan fingerprint density at radius 2 is 1.71 bits per heavy atom. The molecule has 1 aliphatic heterocycles. The van der Waals surface area contributed by atoms with Crippen LogP contribution in [0.15, 0.2) is 87.4 Å². The highest BCUT2D eigenvalue weighted by Gasteiger charge is 2.37. The number of allylic oxidation sites excluding steroid dienone is 1. The lowest BCUT2D eigenvalue weighted by molar-refractivity contribution is -0.116. The van der Waals surface area contributed by atoms with Gasteiger partial charge in [-0.3, -0.25) is 9.59 Å². The second-order valence-electron chi connectivity index (χ2n) is 9.44. The number of ether oxygens (including phenoxy) is 2. The second kappa shape index (κ2) is 9.58. The van der Waals surface area contributed by atoms with Crippen molar-refractivity contribution in [3.63, 3.8) is 0 Å². The normalized spacial score (nSPS) is 18.7. The molecule has 192 valence electrons. The van der Waals surface area contributed by atoms with Gasteiger partial charge in [0.1, 0.15) is 11.8 Å². The van der Waals surface area contributed by atoms with Crippen molar-refractivity contribution >= 4 is 39.7 Å². The molecule has 0 saturated heterocycles. The Morgan fingerprint density at radius 1 is 0.921 bits per heavy atom. The van der Waals surface area contributed by atoms with Crippen molar-refractivity contribution in [3.8, 4) is 11.5 Å². The van der Waals surface area contributed by atoms with E-state index in [1.165, 1.54) is 6.26 Å². The molecular formula is C30H25ClN2O5. The Bertz CT molecular complexity index is 1680. The van der Waals surface area contributed by atoms with Crippen LogP contribution in [-0.4, -0.2) is 20.0 Å². The van der Waals surface area contributed by atoms with Crippen LogP contribution in [-0.2, 0) is 4.79 Å². The standard InChI is InChI=1S/C30H25ClN2O5/c1-36-26-9-7-16(13-27(26)37-2)17-11-23-28(24(34)12-17)29(33-22-6-4-3-5-21(22)32-23)20-15-38-25-10-8-18(31)14-19(25)30(20)35/h3-10,13-15,17,29,32-33H,11-12H2,1-2H3/t17-,29-/m1/s1. The maximum Gasteiger partial charge on any atom is 0.198 e. The molecule has 0 bridgehead atoms. The molecule has 3 aromatic carbocycles. The summed E-state index contributed by atoms with van der Waals surface area (Å²) in [6.07, 6.45) is 2.31. The van der Waals surface area contributed by atoms with Crippen LogP contribution in [0.4, 0.5) is 11.4 Å². The minimum Gasteiger partial charge on any atom is -0.493 e. The number of halogens is 1. The van der Waals surface area contributed by atoms with Gasteiger partial charge in [0.25, 0.3) is 0 Å². The summed E-state index contributed by atoms with van der Waals surface area (Å²) in [6, 6.07) is 17.7. The minimum atomic E-state index is -0.695. The fourth-order valence-corrected chi connectivity index (χ4v) is 5.56. The summed E-state index contributed by atoms with van der Waals surface area (Å²) in [5.74, 6) is 1.12. The van der Waals surface area contributed by atoms with Gasteiger partial charge >= 0.3 is 0 Å². The number of nitrogens with one attached hydrogen (secondary N) is 2. The Kier molecular flexibility index (Phi) is 6.08. The van der Waals surface area contributed by atoms with Crippen molar-refractivity contribution in [2.75, 3.05) is 24.9 Å². The Labute approximate surface area is 224 Å². The van der Waals surface area contributed by atoms with Crippen molar-refractivity contribution in [2.24, 2.45) is 0 Å². The highest BCUT2D eigenvalue weighted by atomic mass is 35.5. The first-order valence-corrected chi connectivity index (χ1v) is 12.7. The molecule has 2 heterocycles. The van der Waals surface area contributed by atoms with E-state index < -0.39 is 6.04 Å². The minimum absolute atomic E-state index is 0.0468. The summed E-state index contributed by atoms with van der Waals surface area (Å²) in [4.78, 5) is 27.5. The summed E-state index contributed by atoms with van der Waals surface area (Å²) in [5, 5.41) is 7.75. The van der Waals surface area contributed by atoms with Crippen molar-refractivity contribution in [3.05, 3.63) is 105 Å². The molecule has 0 radical (unpaired) electrons. The third-order valence-electron chi connectivity index (χ3n) is 7.26.